The van der Waals surface area contributed by atoms with Crippen molar-refractivity contribution in [2.45, 2.75) is 6.92 Å². The molecule has 3 N–H and O–H groups in total. The fourth-order valence-corrected chi connectivity index (χ4v) is 1.42. The van der Waals surface area contributed by atoms with Crippen LogP contribution in [0, 0.1) is 0 Å². The molecule has 0 aliphatic carbocycles. The maximum atomic E-state index is 5.55. The molecule has 1 heterocycles. The number of rotatable bonds is 4. The molecule has 0 unspecified atom stereocenters. The van der Waals surface area contributed by atoms with Crippen LogP contribution in [0.3, 0.4) is 0 Å². The van der Waals surface area contributed by atoms with Gasteiger partial charge in [0.25, 0.3) is 0 Å². The Morgan fingerprint density at radius 2 is 2.12 bits per heavy atom. The largest absolute Gasteiger partial charge is 0.489 e. The summed E-state index contributed by atoms with van der Waals surface area (Å²) in [5.41, 5.74) is 8.47. The fourth-order valence-electron chi connectivity index (χ4n) is 1.42. The molecule has 0 amide bonds. The third-order valence-electron chi connectivity index (χ3n) is 2.25. The number of aromatic amines is 1. The van der Waals surface area contributed by atoms with Crippen molar-refractivity contribution in [1.29, 1.82) is 0 Å². The highest BCUT2D eigenvalue weighted by Gasteiger charge is 2.01. The molecule has 0 radical (unpaired) electrons. The molecule has 0 aliphatic rings. The first kappa shape index (κ1) is 11.3. The summed E-state index contributed by atoms with van der Waals surface area (Å²) in [6.07, 6.45) is 0. The Labute approximate surface area is 100 Å². The van der Waals surface area contributed by atoms with E-state index in [1.165, 1.54) is 0 Å². The summed E-state index contributed by atoms with van der Waals surface area (Å²) in [5, 5.41) is 6.75. The van der Waals surface area contributed by atoms with E-state index in [0.29, 0.717) is 12.4 Å². The van der Waals surface area contributed by atoms with Gasteiger partial charge < -0.3 is 10.5 Å². The number of ether oxygens (including phenoxy) is 1. The van der Waals surface area contributed by atoms with Crippen LogP contribution in [0.25, 0.3) is 11.3 Å². The number of H-pyrrole nitrogens is 1. The molecule has 0 saturated carbocycles. The quantitative estimate of drug-likeness (QED) is 0.792. The molecule has 17 heavy (non-hydrogen) atoms. The van der Waals surface area contributed by atoms with Crippen molar-refractivity contribution in [2.24, 2.45) is 0 Å². The summed E-state index contributed by atoms with van der Waals surface area (Å²) in [6, 6.07) is 9.54. The average Bonchev–Trinajstić information content (AvgIpc) is 2.74. The van der Waals surface area contributed by atoms with E-state index in [1.54, 1.807) is 6.07 Å². The predicted octanol–water partition coefficient (Wildman–Crippen LogP) is 2.61. The van der Waals surface area contributed by atoms with Crippen molar-refractivity contribution in [2.75, 3.05) is 12.3 Å². The summed E-state index contributed by atoms with van der Waals surface area (Å²) in [5.74, 6) is 1.31. The Morgan fingerprint density at radius 1 is 1.41 bits per heavy atom. The molecular formula is C13H15N3O. The summed E-state index contributed by atoms with van der Waals surface area (Å²) >= 11 is 0. The highest BCUT2D eigenvalue weighted by atomic mass is 16.5. The highest BCUT2D eigenvalue weighted by molar-refractivity contribution is 5.62. The van der Waals surface area contributed by atoms with E-state index in [4.69, 9.17) is 10.5 Å². The Bertz CT molecular complexity index is 514. The van der Waals surface area contributed by atoms with E-state index in [1.807, 2.05) is 31.2 Å². The standard InChI is InChI=1S/C13H15N3O/c1-9(2)8-17-11-5-3-10(4-6-11)12-7-13(14)16-15-12/h3-7H,1,8H2,2H3,(H3,14,15,16). The minimum atomic E-state index is 0.489. The van der Waals surface area contributed by atoms with Crippen molar-refractivity contribution >= 4 is 5.82 Å². The summed E-state index contributed by atoms with van der Waals surface area (Å²) in [7, 11) is 0. The van der Waals surface area contributed by atoms with E-state index >= 15 is 0 Å². The molecule has 88 valence electrons. The number of hydrogen-bond donors (Lipinski definition) is 2. The van der Waals surface area contributed by atoms with Gasteiger partial charge in [0.1, 0.15) is 18.2 Å². The number of nitrogens with one attached hydrogen (secondary N) is 1. The van der Waals surface area contributed by atoms with Gasteiger partial charge in [-0.3, -0.25) is 5.10 Å². The van der Waals surface area contributed by atoms with Crippen LogP contribution >= 0.6 is 0 Å². The van der Waals surface area contributed by atoms with E-state index in [9.17, 15) is 0 Å². The van der Waals surface area contributed by atoms with Crippen molar-refractivity contribution in [3.8, 4) is 17.0 Å². The molecule has 0 aliphatic heterocycles. The molecule has 4 nitrogen and oxygen atoms in total. The summed E-state index contributed by atoms with van der Waals surface area (Å²) in [6.45, 7) is 6.26. The number of aromatic nitrogens is 2. The molecular weight excluding hydrogens is 214 g/mol. The van der Waals surface area contributed by atoms with Gasteiger partial charge in [-0.1, -0.05) is 6.58 Å². The van der Waals surface area contributed by atoms with Gasteiger partial charge in [-0.05, 0) is 42.3 Å². The maximum Gasteiger partial charge on any atom is 0.145 e. The Hall–Kier alpha value is -2.23. The van der Waals surface area contributed by atoms with Crippen molar-refractivity contribution in [1.82, 2.24) is 10.2 Å². The monoisotopic (exact) mass is 229 g/mol. The van der Waals surface area contributed by atoms with Crippen molar-refractivity contribution in [3.63, 3.8) is 0 Å². The lowest BCUT2D eigenvalue weighted by atomic mass is 10.1. The second kappa shape index (κ2) is 4.74. The van der Waals surface area contributed by atoms with Crippen molar-refractivity contribution < 1.29 is 4.74 Å². The second-order valence-electron chi connectivity index (χ2n) is 3.98. The van der Waals surface area contributed by atoms with Gasteiger partial charge in [-0.15, -0.1) is 0 Å². The molecule has 0 atom stereocenters. The topological polar surface area (TPSA) is 63.9 Å². The van der Waals surface area contributed by atoms with Gasteiger partial charge in [0.05, 0.1) is 5.69 Å². The minimum Gasteiger partial charge on any atom is -0.489 e. The van der Waals surface area contributed by atoms with Crippen LogP contribution in [0.2, 0.25) is 0 Å². The molecule has 4 heteroatoms. The fraction of sp³-hybridized carbons (Fsp3) is 0.154. The van der Waals surface area contributed by atoms with Crippen LogP contribution in [0.5, 0.6) is 5.75 Å². The number of nitrogens with two attached hydrogens (primary N) is 1. The van der Waals surface area contributed by atoms with Gasteiger partial charge in [0.15, 0.2) is 0 Å². The van der Waals surface area contributed by atoms with Crippen LogP contribution in [-0.2, 0) is 0 Å². The lowest BCUT2D eigenvalue weighted by Crippen LogP contribution is -1.97. The molecule has 0 fully saturated rings. The normalized spacial score (nSPS) is 10.2. The molecule has 0 bridgehead atoms. The van der Waals surface area contributed by atoms with Crippen LogP contribution in [-0.4, -0.2) is 16.8 Å². The molecule has 2 aromatic rings. The third kappa shape index (κ3) is 2.87. The predicted molar refractivity (Wildman–Crippen MR) is 68.7 cm³/mol. The van der Waals surface area contributed by atoms with Gasteiger partial charge in [-0.25, -0.2) is 0 Å². The van der Waals surface area contributed by atoms with Gasteiger partial charge in [0.2, 0.25) is 0 Å². The number of hydrogen-bond acceptors (Lipinski definition) is 3. The molecule has 1 aromatic carbocycles. The SMILES string of the molecule is C=C(C)COc1ccc(-c2cc(N)n[nH]2)cc1. The second-order valence-corrected chi connectivity index (χ2v) is 3.98. The number of anilines is 1. The van der Waals surface area contributed by atoms with E-state index in [2.05, 4.69) is 16.8 Å². The minimum absolute atomic E-state index is 0.489. The summed E-state index contributed by atoms with van der Waals surface area (Å²) in [4.78, 5) is 0. The average molecular weight is 229 g/mol. The van der Waals surface area contributed by atoms with Crippen LogP contribution < -0.4 is 10.5 Å². The van der Waals surface area contributed by atoms with Crippen LogP contribution in [0.1, 0.15) is 6.92 Å². The smallest absolute Gasteiger partial charge is 0.145 e. The van der Waals surface area contributed by atoms with E-state index in [-0.39, 0.29) is 0 Å². The summed E-state index contributed by atoms with van der Waals surface area (Å²) < 4.78 is 5.51. The van der Waals surface area contributed by atoms with E-state index in [0.717, 1.165) is 22.6 Å². The molecule has 0 saturated heterocycles. The molecule has 2 rings (SSSR count). The number of nitrogen functional groups attached to an aromatic ring is 1. The first-order chi connectivity index (χ1) is 8.15. The Kier molecular flexibility index (Phi) is 3.14. The molecule has 0 spiro atoms. The Morgan fingerprint density at radius 3 is 2.65 bits per heavy atom. The van der Waals surface area contributed by atoms with Crippen LogP contribution in [0.4, 0.5) is 5.82 Å². The number of benzene rings is 1. The van der Waals surface area contributed by atoms with Crippen molar-refractivity contribution in [3.05, 3.63) is 42.5 Å². The zero-order chi connectivity index (χ0) is 12.3. The van der Waals surface area contributed by atoms with Gasteiger partial charge in [-0.2, -0.15) is 5.10 Å². The zero-order valence-corrected chi connectivity index (χ0v) is 9.73. The molecule has 1 aromatic heterocycles. The first-order valence-electron chi connectivity index (χ1n) is 5.33. The first-order valence-corrected chi connectivity index (χ1v) is 5.33. The Balaban J connectivity index is 2.10. The number of nitrogens with zero attached hydrogens (tertiary/aromatic N) is 1. The maximum absolute atomic E-state index is 5.55. The van der Waals surface area contributed by atoms with Gasteiger partial charge >= 0.3 is 0 Å². The zero-order valence-electron chi connectivity index (χ0n) is 9.73. The third-order valence-corrected chi connectivity index (χ3v) is 2.25. The van der Waals surface area contributed by atoms with Gasteiger partial charge in [0, 0.05) is 6.07 Å². The lowest BCUT2D eigenvalue weighted by Gasteiger charge is -2.06. The highest BCUT2D eigenvalue weighted by Crippen LogP contribution is 2.21. The van der Waals surface area contributed by atoms with Crippen LogP contribution in [0.15, 0.2) is 42.5 Å². The lowest BCUT2D eigenvalue weighted by molar-refractivity contribution is 0.353. The van der Waals surface area contributed by atoms with E-state index < -0.39 is 0 Å².